The summed E-state index contributed by atoms with van der Waals surface area (Å²) in [6, 6.07) is 16.5. The van der Waals surface area contributed by atoms with Crippen LogP contribution in [0.1, 0.15) is 36.2 Å². The van der Waals surface area contributed by atoms with Crippen molar-refractivity contribution in [2.24, 2.45) is 5.92 Å². The van der Waals surface area contributed by atoms with Crippen molar-refractivity contribution in [3.8, 4) is 11.1 Å². The van der Waals surface area contributed by atoms with E-state index in [1.54, 1.807) is 0 Å². The fourth-order valence-electron chi connectivity index (χ4n) is 2.89. The first kappa shape index (κ1) is 19.2. The molecule has 0 saturated carbocycles. The van der Waals surface area contributed by atoms with Crippen LogP contribution in [0.2, 0.25) is 0 Å². The Bertz CT molecular complexity index is 692. The van der Waals surface area contributed by atoms with Crippen molar-refractivity contribution in [1.82, 2.24) is 10.2 Å². The minimum Gasteiger partial charge on any atom is -0.352 e. The highest BCUT2D eigenvalue weighted by atomic mass is 16.1. The molecule has 3 nitrogen and oxygen atoms in total. The molecule has 2 aromatic rings. The molecule has 0 aliphatic carbocycles. The molecule has 0 heterocycles. The summed E-state index contributed by atoms with van der Waals surface area (Å²) < 4.78 is 0. The smallest absolute Gasteiger partial charge is 0.251 e. The second-order valence-electron chi connectivity index (χ2n) is 7.29. The van der Waals surface area contributed by atoms with E-state index in [9.17, 15) is 4.79 Å². The van der Waals surface area contributed by atoms with E-state index in [1.807, 2.05) is 32.3 Å². The van der Waals surface area contributed by atoms with Crippen LogP contribution in [0.15, 0.2) is 48.5 Å². The first-order valence-corrected chi connectivity index (χ1v) is 9.08. The summed E-state index contributed by atoms with van der Waals surface area (Å²) in [6.45, 7) is 6.13. The van der Waals surface area contributed by atoms with Gasteiger partial charge in [-0.25, -0.2) is 0 Å². The summed E-state index contributed by atoms with van der Waals surface area (Å²) in [6.07, 6.45) is 2.02. The Labute approximate surface area is 152 Å². The molecule has 0 spiro atoms. The van der Waals surface area contributed by atoms with Crippen molar-refractivity contribution in [2.45, 2.75) is 26.7 Å². The van der Waals surface area contributed by atoms with Gasteiger partial charge < -0.3 is 10.2 Å². The first-order chi connectivity index (χ1) is 12.0. The summed E-state index contributed by atoms with van der Waals surface area (Å²) >= 11 is 0. The van der Waals surface area contributed by atoms with E-state index in [-0.39, 0.29) is 5.91 Å². The maximum Gasteiger partial charge on any atom is 0.251 e. The molecule has 0 bridgehead atoms. The zero-order valence-corrected chi connectivity index (χ0v) is 15.9. The molecule has 0 radical (unpaired) electrons. The van der Waals surface area contributed by atoms with Crippen LogP contribution in [-0.2, 0) is 6.42 Å². The predicted molar refractivity (Wildman–Crippen MR) is 106 cm³/mol. The van der Waals surface area contributed by atoms with E-state index in [4.69, 9.17) is 0 Å². The molecule has 0 unspecified atom stereocenters. The average Bonchev–Trinajstić information content (AvgIpc) is 2.58. The SMILES string of the molecule is CC(C)Cc1cccc(-c2cccc(C(=O)NCCCN(C)C)c2)c1. The zero-order valence-electron chi connectivity index (χ0n) is 15.9. The number of nitrogens with one attached hydrogen (secondary N) is 1. The second kappa shape index (κ2) is 9.38. The van der Waals surface area contributed by atoms with E-state index in [0.717, 1.165) is 30.5 Å². The normalized spacial score (nSPS) is 11.1. The lowest BCUT2D eigenvalue weighted by molar-refractivity contribution is 0.0952. The van der Waals surface area contributed by atoms with Crippen LogP contribution in [0.3, 0.4) is 0 Å². The van der Waals surface area contributed by atoms with E-state index in [2.05, 4.69) is 54.4 Å². The Kier molecular flexibility index (Phi) is 7.20. The van der Waals surface area contributed by atoms with E-state index in [1.165, 1.54) is 11.1 Å². The van der Waals surface area contributed by atoms with Gasteiger partial charge in [0.1, 0.15) is 0 Å². The summed E-state index contributed by atoms with van der Waals surface area (Å²) in [5.74, 6) is 0.633. The zero-order chi connectivity index (χ0) is 18.2. The van der Waals surface area contributed by atoms with Gasteiger partial charge in [0.15, 0.2) is 0 Å². The Hall–Kier alpha value is -2.13. The van der Waals surface area contributed by atoms with Gasteiger partial charge in [-0.2, -0.15) is 0 Å². The number of carbonyl (C=O) groups excluding carboxylic acids is 1. The number of benzene rings is 2. The second-order valence-corrected chi connectivity index (χ2v) is 7.29. The van der Waals surface area contributed by atoms with Gasteiger partial charge in [-0.15, -0.1) is 0 Å². The highest BCUT2D eigenvalue weighted by Crippen LogP contribution is 2.22. The van der Waals surface area contributed by atoms with Crippen LogP contribution in [0.4, 0.5) is 0 Å². The standard InChI is InChI=1S/C22H30N2O/c1-17(2)14-18-8-5-9-19(15-18)20-10-6-11-21(16-20)22(25)23-12-7-13-24(3)4/h5-6,8-11,15-17H,7,12-14H2,1-4H3,(H,23,25). The molecule has 0 aliphatic rings. The van der Waals surface area contributed by atoms with Crippen LogP contribution in [-0.4, -0.2) is 38.0 Å². The molecule has 2 aromatic carbocycles. The quantitative estimate of drug-likeness (QED) is 0.730. The van der Waals surface area contributed by atoms with Crippen molar-refractivity contribution < 1.29 is 4.79 Å². The molecule has 0 aliphatic heterocycles. The van der Waals surface area contributed by atoms with Crippen molar-refractivity contribution >= 4 is 5.91 Å². The first-order valence-electron chi connectivity index (χ1n) is 9.08. The Morgan fingerprint density at radius 2 is 1.72 bits per heavy atom. The lowest BCUT2D eigenvalue weighted by Gasteiger charge is -2.11. The molecule has 0 aromatic heterocycles. The molecule has 2 rings (SSSR count). The average molecular weight is 338 g/mol. The van der Waals surface area contributed by atoms with Crippen molar-refractivity contribution in [3.63, 3.8) is 0 Å². The van der Waals surface area contributed by atoms with Crippen LogP contribution >= 0.6 is 0 Å². The third-order valence-electron chi connectivity index (χ3n) is 4.10. The number of rotatable bonds is 8. The minimum absolute atomic E-state index is 0.000980. The number of hydrogen-bond acceptors (Lipinski definition) is 2. The summed E-state index contributed by atoms with van der Waals surface area (Å²) in [5, 5.41) is 3.00. The van der Waals surface area contributed by atoms with Crippen molar-refractivity contribution in [3.05, 3.63) is 59.7 Å². The van der Waals surface area contributed by atoms with Gasteiger partial charge in [-0.3, -0.25) is 4.79 Å². The van der Waals surface area contributed by atoms with Gasteiger partial charge in [0.05, 0.1) is 0 Å². The van der Waals surface area contributed by atoms with Gasteiger partial charge in [0.25, 0.3) is 5.91 Å². The van der Waals surface area contributed by atoms with Gasteiger partial charge in [0, 0.05) is 12.1 Å². The fourth-order valence-corrected chi connectivity index (χ4v) is 2.89. The molecule has 1 amide bonds. The minimum atomic E-state index is -0.000980. The number of hydrogen-bond donors (Lipinski definition) is 1. The molecule has 3 heteroatoms. The van der Waals surface area contributed by atoms with E-state index >= 15 is 0 Å². The molecular formula is C22H30N2O. The molecule has 0 saturated heterocycles. The van der Waals surface area contributed by atoms with Crippen molar-refractivity contribution in [1.29, 1.82) is 0 Å². The Morgan fingerprint density at radius 3 is 2.40 bits per heavy atom. The fraction of sp³-hybridized carbons (Fsp3) is 0.409. The number of nitrogens with zero attached hydrogens (tertiary/aromatic N) is 1. The lowest BCUT2D eigenvalue weighted by atomic mass is 9.97. The van der Waals surface area contributed by atoms with Crippen LogP contribution in [0.25, 0.3) is 11.1 Å². The maximum atomic E-state index is 12.4. The van der Waals surface area contributed by atoms with Crippen molar-refractivity contribution in [2.75, 3.05) is 27.2 Å². The highest BCUT2D eigenvalue weighted by molar-refractivity contribution is 5.95. The van der Waals surface area contributed by atoms with Gasteiger partial charge >= 0.3 is 0 Å². The number of carbonyl (C=O) groups is 1. The lowest BCUT2D eigenvalue weighted by Crippen LogP contribution is -2.27. The summed E-state index contributed by atoms with van der Waals surface area (Å²) in [4.78, 5) is 14.5. The molecular weight excluding hydrogens is 308 g/mol. The van der Waals surface area contributed by atoms with E-state index in [0.29, 0.717) is 12.5 Å². The highest BCUT2D eigenvalue weighted by Gasteiger charge is 2.07. The molecule has 0 atom stereocenters. The third kappa shape index (κ3) is 6.35. The summed E-state index contributed by atoms with van der Waals surface area (Å²) in [5.41, 5.74) is 4.31. The largest absolute Gasteiger partial charge is 0.352 e. The number of amides is 1. The van der Waals surface area contributed by atoms with E-state index < -0.39 is 0 Å². The molecule has 0 fully saturated rings. The van der Waals surface area contributed by atoms with Gasteiger partial charge in [0.2, 0.25) is 0 Å². The van der Waals surface area contributed by atoms with Gasteiger partial charge in [-0.05, 0) is 68.2 Å². The van der Waals surface area contributed by atoms with Crippen LogP contribution < -0.4 is 5.32 Å². The molecule has 25 heavy (non-hydrogen) atoms. The molecule has 1 N–H and O–H groups in total. The Balaban J connectivity index is 2.06. The van der Waals surface area contributed by atoms with Gasteiger partial charge in [-0.1, -0.05) is 50.2 Å². The topological polar surface area (TPSA) is 32.3 Å². The van der Waals surface area contributed by atoms with Crippen LogP contribution in [0.5, 0.6) is 0 Å². The summed E-state index contributed by atoms with van der Waals surface area (Å²) in [7, 11) is 4.08. The third-order valence-corrected chi connectivity index (χ3v) is 4.10. The maximum absolute atomic E-state index is 12.4. The Morgan fingerprint density at radius 1 is 1.04 bits per heavy atom. The molecule has 134 valence electrons. The monoisotopic (exact) mass is 338 g/mol. The van der Waals surface area contributed by atoms with Crippen LogP contribution in [0, 0.1) is 5.92 Å². The predicted octanol–water partition coefficient (Wildman–Crippen LogP) is 4.23.